The van der Waals surface area contributed by atoms with E-state index in [1.807, 2.05) is 49.4 Å². The smallest absolute Gasteiger partial charge is 0.242 e. The summed E-state index contributed by atoms with van der Waals surface area (Å²) in [5, 5.41) is 2.94. The lowest BCUT2D eigenvalue weighted by molar-refractivity contribution is -0.144. The van der Waals surface area contributed by atoms with Crippen molar-refractivity contribution in [3.63, 3.8) is 0 Å². The Morgan fingerprint density at radius 3 is 2.27 bits per heavy atom. The SMILES string of the molecule is CCCCNC(=O)C(CC)N(Cc1ccccc1)C(=O)CCN1C(=O)[C@H]2CC=CC[C@H]2C1=O. The molecular formula is C26H35N3O4. The van der Waals surface area contributed by atoms with Crippen LogP contribution in [0.5, 0.6) is 0 Å². The van der Waals surface area contributed by atoms with Crippen LogP contribution in [0.1, 0.15) is 57.9 Å². The topological polar surface area (TPSA) is 86.8 Å². The van der Waals surface area contributed by atoms with Crippen molar-refractivity contribution in [2.45, 2.75) is 65.0 Å². The van der Waals surface area contributed by atoms with E-state index in [9.17, 15) is 19.2 Å². The van der Waals surface area contributed by atoms with Crippen LogP contribution >= 0.6 is 0 Å². The monoisotopic (exact) mass is 453 g/mol. The summed E-state index contributed by atoms with van der Waals surface area (Å²) in [5.74, 6) is -1.36. The number of benzene rings is 1. The van der Waals surface area contributed by atoms with E-state index in [0.29, 0.717) is 32.4 Å². The summed E-state index contributed by atoms with van der Waals surface area (Å²) < 4.78 is 0. The maximum absolute atomic E-state index is 13.4. The number of imide groups is 1. The molecule has 1 N–H and O–H groups in total. The van der Waals surface area contributed by atoms with Crippen LogP contribution < -0.4 is 5.32 Å². The number of rotatable bonds is 11. The molecule has 0 radical (unpaired) electrons. The van der Waals surface area contributed by atoms with E-state index in [-0.39, 0.29) is 48.4 Å². The summed E-state index contributed by atoms with van der Waals surface area (Å²) in [6.45, 7) is 4.88. The van der Waals surface area contributed by atoms with Gasteiger partial charge in [-0.2, -0.15) is 0 Å². The molecule has 7 nitrogen and oxygen atoms in total. The van der Waals surface area contributed by atoms with Crippen LogP contribution in [-0.2, 0) is 25.7 Å². The number of nitrogens with zero attached hydrogens (tertiary/aromatic N) is 2. The number of fused-ring (bicyclic) bond motifs is 1. The first-order valence-corrected chi connectivity index (χ1v) is 12.1. The van der Waals surface area contributed by atoms with Crippen LogP contribution in [0.4, 0.5) is 0 Å². The summed E-state index contributed by atoms with van der Waals surface area (Å²) in [5.41, 5.74) is 0.927. The molecule has 1 aromatic rings. The molecule has 0 bridgehead atoms. The van der Waals surface area contributed by atoms with Crippen LogP contribution in [0.15, 0.2) is 42.5 Å². The van der Waals surface area contributed by atoms with Crippen molar-refractivity contribution in [3.05, 3.63) is 48.0 Å². The van der Waals surface area contributed by atoms with Crippen molar-refractivity contribution < 1.29 is 19.2 Å². The molecule has 1 unspecified atom stereocenters. The summed E-state index contributed by atoms with van der Waals surface area (Å²) in [6.07, 6.45) is 7.40. The van der Waals surface area contributed by atoms with Crippen molar-refractivity contribution in [2.75, 3.05) is 13.1 Å². The van der Waals surface area contributed by atoms with Crippen molar-refractivity contribution in [1.82, 2.24) is 15.1 Å². The van der Waals surface area contributed by atoms with Gasteiger partial charge in [-0.3, -0.25) is 24.1 Å². The van der Waals surface area contributed by atoms with E-state index in [0.717, 1.165) is 18.4 Å². The van der Waals surface area contributed by atoms with E-state index in [2.05, 4.69) is 12.2 Å². The van der Waals surface area contributed by atoms with Crippen LogP contribution in [0, 0.1) is 11.8 Å². The second-order valence-corrected chi connectivity index (χ2v) is 8.81. The van der Waals surface area contributed by atoms with Gasteiger partial charge in [0, 0.05) is 26.1 Å². The Kier molecular flexibility index (Phi) is 8.80. The van der Waals surface area contributed by atoms with Crippen molar-refractivity contribution in [3.8, 4) is 0 Å². The average molecular weight is 454 g/mol. The zero-order valence-corrected chi connectivity index (χ0v) is 19.7. The third kappa shape index (κ3) is 5.89. The number of hydrogen-bond acceptors (Lipinski definition) is 4. The van der Waals surface area contributed by atoms with Crippen molar-refractivity contribution in [2.24, 2.45) is 11.8 Å². The molecule has 4 amide bonds. The van der Waals surface area contributed by atoms with E-state index in [4.69, 9.17) is 0 Å². The molecule has 2 aliphatic rings. The fourth-order valence-corrected chi connectivity index (χ4v) is 4.65. The van der Waals surface area contributed by atoms with E-state index >= 15 is 0 Å². The number of hydrogen-bond donors (Lipinski definition) is 1. The Morgan fingerprint density at radius 2 is 1.70 bits per heavy atom. The first-order chi connectivity index (χ1) is 16.0. The predicted molar refractivity (Wildman–Crippen MR) is 126 cm³/mol. The number of amides is 4. The Balaban J connectivity index is 1.71. The first-order valence-electron chi connectivity index (χ1n) is 12.1. The fraction of sp³-hybridized carbons (Fsp3) is 0.538. The van der Waals surface area contributed by atoms with E-state index in [1.54, 1.807) is 4.90 Å². The molecule has 1 fully saturated rings. The maximum atomic E-state index is 13.4. The van der Waals surface area contributed by atoms with E-state index in [1.165, 1.54) is 4.90 Å². The fourth-order valence-electron chi connectivity index (χ4n) is 4.65. The summed E-state index contributed by atoms with van der Waals surface area (Å²) in [7, 11) is 0. The van der Waals surface area contributed by atoms with Gasteiger partial charge in [-0.05, 0) is 31.2 Å². The predicted octanol–water partition coefficient (Wildman–Crippen LogP) is 3.05. The van der Waals surface area contributed by atoms with Crippen LogP contribution in [-0.4, -0.2) is 52.6 Å². The highest BCUT2D eigenvalue weighted by Crippen LogP contribution is 2.35. The summed E-state index contributed by atoms with van der Waals surface area (Å²) in [4.78, 5) is 54.6. The largest absolute Gasteiger partial charge is 0.354 e. The number of carbonyl (C=O) groups excluding carboxylic acids is 4. The van der Waals surface area contributed by atoms with Crippen LogP contribution in [0.25, 0.3) is 0 Å². The molecule has 1 aromatic carbocycles. The van der Waals surface area contributed by atoms with Crippen molar-refractivity contribution in [1.29, 1.82) is 0 Å². The molecule has 3 atom stereocenters. The van der Waals surface area contributed by atoms with E-state index < -0.39 is 6.04 Å². The van der Waals surface area contributed by atoms with Crippen molar-refractivity contribution >= 4 is 23.6 Å². The molecule has 1 saturated heterocycles. The quantitative estimate of drug-likeness (QED) is 0.317. The number of unbranched alkanes of at least 4 members (excludes halogenated alkanes) is 1. The number of allylic oxidation sites excluding steroid dienone is 2. The van der Waals surface area contributed by atoms with Gasteiger partial charge in [0.1, 0.15) is 6.04 Å². The second-order valence-electron chi connectivity index (χ2n) is 8.81. The Morgan fingerprint density at radius 1 is 1.06 bits per heavy atom. The number of carbonyl (C=O) groups is 4. The molecule has 1 heterocycles. The summed E-state index contributed by atoms with van der Waals surface area (Å²) >= 11 is 0. The third-order valence-corrected chi connectivity index (χ3v) is 6.56. The minimum Gasteiger partial charge on any atom is -0.354 e. The lowest BCUT2D eigenvalue weighted by Crippen LogP contribution is -2.49. The minimum absolute atomic E-state index is 0.00984. The lowest BCUT2D eigenvalue weighted by Gasteiger charge is -2.31. The molecule has 1 aliphatic carbocycles. The molecule has 0 saturated carbocycles. The second kappa shape index (κ2) is 11.8. The van der Waals surface area contributed by atoms with Gasteiger partial charge >= 0.3 is 0 Å². The molecular weight excluding hydrogens is 418 g/mol. The summed E-state index contributed by atoms with van der Waals surface area (Å²) in [6, 6.07) is 8.95. The minimum atomic E-state index is -0.605. The van der Waals surface area contributed by atoms with Crippen LogP contribution in [0.3, 0.4) is 0 Å². The highest BCUT2D eigenvalue weighted by molar-refractivity contribution is 6.05. The molecule has 178 valence electrons. The lowest BCUT2D eigenvalue weighted by atomic mass is 9.85. The Labute approximate surface area is 196 Å². The molecule has 0 spiro atoms. The maximum Gasteiger partial charge on any atom is 0.242 e. The van der Waals surface area contributed by atoms with Gasteiger partial charge < -0.3 is 10.2 Å². The highest BCUT2D eigenvalue weighted by atomic mass is 16.2. The third-order valence-electron chi connectivity index (χ3n) is 6.56. The first kappa shape index (κ1) is 24.7. The van der Waals surface area contributed by atoms with Gasteiger partial charge in [-0.25, -0.2) is 0 Å². The zero-order chi connectivity index (χ0) is 23.8. The highest BCUT2D eigenvalue weighted by Gasteiger charge is 2.47. The van der Waals surface area contributed by atoms with Gasteiger partial charge in [0.25, 0.3) is 0 Å². The Bertz CT molecular complexity index is 857. The molecule has 7 heteroatoms. The van der Waals surface area contributed by atoms with Gasteiger partial charge in [-0.1, -0.05) is 62.8 Å². The van der Waals surface area contributed by atoms with Gasteiger partial charge in [0.2, 0.25) is 23.6 Å². The number of likely N-dealkylation sites (tertiary alicyclic amines) is 1. The Hall–Kier alpha value is -2.96. The number of nitrogens with one attached hydrogen (secondary N) is 1. The van der Waals surface area contributed by atoms with Gasteiger partial charge in [0.15, 0.2) is 0 Å². The molecule has 3 rings (SSSR count). The van der Waals surface area contributed by atoms with Gasteiger partial charge in [0.05, 0.1) is 11.8 Å². The molecule has 33 heavy (non-hydrogen) atoms. The molecule has 1 aliphatic heterocycles. The normalized spacial score (nSPS) is 20.5. The molecule has 0 aromatic heterocycles. The zero-order valence-electron chi connectivity index (χ0n) is 19.7. The van der Waals surface area contributed by atoms with Gasteiger partial charge in [-0.15, -0.1) is 0 Å². The standard InChI is InChI=1S/C26H35N3O4/c1-3-5-16-27-24(31)22(4-2)29(18-19-11-7-6-8-12-19)23(30)15-17-28-25(32)20-13-9-10-14-21(20)26(28)33/h6-12,20-22H,3-5,13-18H2,1-2H3,(H,27,31)/t20-,21+,22?. The van der Waals surface area contributed by atoms with Crippen LogP contribution in [0.2, 0.25) is 0 Å². The average Bonchev–Trinajstić information content (AvgIpc) is 3.08.